The molecule has 25 heavy (non-hydrogen) atoms. The van der Waals surface area contributed by atoms with Crippen LogP contribution in [0.2, 0.25) is 0 Å². The highest BCUT2D eigenvalue weighted by Gasteiger charge is 2.18. The molecule has 0 unspecified atom stereocenters. The lowest BCUT2D eigenvalue weighted by atomic mass is 10.1. The van der Waals surface area contributed by atoms with E-state index in [0.717, 1.165) is 21.8 Å². The molecule has 2 heterocycles. The lowest BCUT2D eigenvalue weighted by molar-refractivity contribution is 0.103. The first-order valence-corrected chi connectivity index (χ1v) is 9.10. The van der Waals surface area contributed by atoms with Gasteiger partial charge in [0.15, 0.2) is 0 Å². The zero-order valence-electron chi connectivity index (χ0n) is 14.4. The number of nitrogens with one attached hydrogen (secondary N) is 1. The van der Waals surface area contributed by atoms with Crippen molar-refractivity contribution in [1.29, 1.82) is 0 Å². The number of aryl methyl sites for hydroxylation is 1. The molecule has 3 rings (SSSR count). The number of aromatic amines is 1. The molecule has 0 bridgehead atoms. The highest BCUT2D eigenvalue weighted by atomic mass is 32.2. The summed E-state index contributed by atoms with van der Waals surface area (Å²) in [6.07, 6.45) is 2.56. The van der Waals surface area contributed by atoms with Gasteiger partial charge in [0.05, 0.1) is 11.4 Å². The Kier molecular flexibility index (Phi) is 4.90. The van der Waals surface area contributed by atoms with E-state index in [4.69, 9.17) is 0 Å². The average Bonchev–Trinajstić information content (AvgIpc) is 2.90. The van der Waals surface area contributed by atoms with Gasteiger partial charge < -0.3 is 4.57 Å². The largest absolute Gasteiger partial charge is 0.344 e. The van der Waals surface area contributed by atoms with Crippen LogP contribution in [-0.2, 0) is 13.5 Å². The van der Waals surface area contributed by atoms with Gasteiger partial charge in [-0.05, 0) is 55.1 Å². The van der Waals surface area contributed by atoms with Gasteiger partial charge in [-0.1, -0.05) is 0 Å². The molecule has 0 amide bonds. The fourth-order valence-electron chi connectivity index (χ4n) is 2.86. The molecule has 5 nitrogen and oxygen atoms in total. The third-order valence-electron chi connectivity index (χ3n) is 4.19. The maximum absolute atomic E-state index is 12.9. The number of rotatable bonds is 5. The standard InChI is InChI=1S/C19H19N3O2S/c1-12-10-15(11-14-6-9-17(23)21-20-14)22(2)18(12)19(24)13-4-7-16(25-3)8-5-13/h4-10H,11H2,1-3H3,(H,21,23). The van der Waals surface area contributed by atoms with E-state index in [1.807, 2.05) is 55.1 Å². The second-order valence-corrected chi connectivity index (χ2v) is 6.75. The second kappa shape index (κ2) is 7.11. The first kappa shape index (κ1) is 17.2. The number of aromatic nitrogens is 3. The molecule has 6 heteroatoms. The van der Waals surface area contributed by atoms with Crippen LogP contribution in [0, 0.1) is 6.92 Å². The van der Waals surface area contributed by atoms with Gasteiger partial charge in [-0.2, -0.15) is 5.10 Å². The van der Waals surface area contributed by atoms with Crippen LogP contribution in [0.1, 0.15) is 33.0 Å². The fraction of sp³-hybridized carbons (Fsp3) is 0.211. The first-order valence-electron chi connectivity index (χ1n) is 7.88. The van der Waals surface area contributed by atoms with Gasteiger partial charge in [-0.3, -0.25) is 9.59 Å². The molecule has 0 spiro atoms. The molecule has 0 aliphatic rings. The van der Waals surface area contributed by atoms with Crippen LogP contribution >= 0.6 is 11.8 Å². The van der Waals surface area contributed by atoms with Crippen molar-refractivity contribution in [2.45, 2.75) is 18.2 Å². The number of hydrogen-bond acceptors (Lipinski definition) is 4. The number of hydrogen-bond donors (Lipinski definition) is 1. The van der Waals surface area contributed by atoms with Crippen LogP contribution in [0.3, 0.4) is 0 Å². The summed E-state index contributed by atoms with van der Waals surface area (Å²) in [5.41, 5.74) is 3.79. The van der Waals surface area contributed by atoms with E-state index in [0.29, 0.717) is 17.7 Å². The molecular formula is C19H19N3O2S. The van der Waals surface area contributed by atoms with Crippen molar-refractivity contribution in [2.75, 3.05) is 6.26 Å². The summed E-state index contributed by atoms with van der Waals surface area (Å²) < 4.78 is 1.91. The summed E-state index contributed by atoms with van der Waals surface area (Å²) in [6, 6.07) is 12.8. The summed E-state index contributed by atoms with van der Waals surface area (Å²) >= 11 is 1.65. The number of benzene rings is 1. The molecule has 128 valence electrons. The maximum atomic E-state index is 12.9. The van der Waals surface area contributed by atoms with Gasteiger partial charge in [-0.15, -0.1) is 11.8 Å². The van der Waals surface area contributed by atoms with Crippen LogP contribution < -0.4 is 5.56 Å². The van der Waals surface area contributed by atoms with E-state index in [9.17, 15) is 9.59 Å². The number of carbonyl (C=O) groups excluding carboxylic acids is 1. The molecule has 0 atom stereocenters. The second-order valence-electron chi connectivity index (χ2n) is 5.87. The van der Waals surface area contributed by atoms with Crippen molar-refractivity contribution in [2.24, 2.45) is 7.05 Å². The maximum Gasteiger partial charge on any atom is 0.264 e. The Balaban J connectivity index is 1.91. The van der Waals surface area contributed by atoms with E-state index >= 15 is 0 Å². The molecular weight excluding hydrogens is 334 g/mol. The molecule has 0 saturated heterocycles. The molecule has 0 radical (unpaired) electrons. The lowest BCUT2D eigenvalue weighted by Gasteiger charge is -2.08. The topological polar surface area (TPSA) is 67.8 Å². The van der Waals surface area contributed by atoms with Gasteiger partial charge in [0, 0.05) is 35.7 Å². The molecule has 2 aromatic heterocycles. The van der Waals surface area contributed by atoms with Gasteiger partial charge in [0.2, 0.25) is 5.78 Å². The summed E-state index contributed by atoms with van der Waals surface area (Å²) in [5.74, 6) is 0.00771. The van der Waals surface area contributed by atoms with Crippen molar-refractivity contribution in [1.82, 2.24) is 14.8 Å². The van der Waals surface area contributed by atoms with Crippen LogP contribution in [0.4, 0.5) is 0 Å². The van der Waals surface area contributed by atoms with E-state index in [-0.39, 0.29) is 11.3 Å². The smallest absolute Gasteiger partial charge is 0.264 e. The predicted molar refractivity (Wildman–Crippen MR) is 99.5 cm³/mol. The van der Waals surface area contributed by atoms with Crippen molar-refractivity contribution in [3.8, 4) is 0 Å². The van der Waals surface area contributed by atoms with Crippen LogP contribution in [0.15, 0.2) is 52.2 Å². The predicted octanol–water partition coefficient (Wildman–Crippen LogP) is 2.96. The highest BCUT2D eigenvalue weighted by Crippen LogP contribution is 2.21. The van der Waals surface area contributed by atoms with E-state index in [2.05, 4.69) is 10.2 Å². The summed E-state index contributed by atoms with van der Waals surface area (Å²) in [7, 11) is 1.89. The third-order valence-corrected chi connectivity index (χ3v) is 4.93. The summed E-state index contributed by atoms with van der Waals surface area (Å²) in [4.78, 5) is 25.2. The Hall–Kier alpha value is -2.60. The fourth-order valence-corrected chi connectivity index (χ4v) is 3.27. The van der Waals surface area contributed by atoms with Crippen LogP contribution in [0.5, 0.6) is 0 Å². The Morgan fingerprint density at radius 2 is 1.92 bits per heavy atom. The first-order chi connectivity index (χ1) is 12.0. The van der Waals surface area contributed by atoms with Gasteiger partial charge in [-0.25, -0.2) is 5.10 Å². The van der Waals surface area contributed by atoms with Crippen molar-refractivity contribution < 1.29 is 4.79 Å². The molecule has 1 N–H and O–H groups in total. The molecule has 3 aromatic rings. The normalized spacial score (nSPS) is 10.8. The SMILES string of the molecule is CSc1ccc(C(=O)c2c(C)cc(Cc3ccc(=O)[nH]n3)n2C)cc1. The third kappa shape index (κ3) is 3.58. The Morgan fingerprint density at radius 3 is 2.52 bits per heavy atom. The van der Waals surface area contributed by atoms with Crippen molar-refractivity contribution in [3.63, 3.8) is 0 Å². The van der Waals surface area contributed by atoms with Crippen molar-refractivity contribution in [3.05, 3.63) is 81.0 Å². The van der Waals surface area contributed by atoms with Crippen molar-refractivity contribution >= 4 is 17.5 Å². The molecule has 0 aliphatic heterocycles. The molecule has 0 saturated carbocycles. The molecule has 1 aromatic carbocycles. The van der Waals surface area contributed by atoms with Crippen LogP contribution in [-0.4, -0.2) is 26.8 Å². The average molecular weight is 353 g/mol. The number of ketones is 1. The highest BCUT2D eigenvalue weighted by molar-refractivity contribution is 7.98. The van der Waals surface area contributed by atoms with Gasteiger partial charge in [0.1, 0.15) is 0 Å². The summed E-state index contributed by atoms with van der Waals surface area (Å²) in [6.45, 7) is 1.94. The van der Waals surface area contributed by atoms with E-state index < -0.39 is 0 Å². The quantitative estimate of drug-likeness (QED) is 0.566. The monoisotopic (exact) mass is 353 g/mol. The van der Waals surface area contributed by atoms with Gasteiger partial charge >= 0.3 is 0 Å². The minimum Gasteiger partial charge on any atom is -0.344 e. The van der Waals surface area contributed by atoms with Gasteiger partial charge in [0.25, 0.3) is 5.56 Å². The number of thioether (sulfide) groups is 1. The molecule has 0 fully saturated rings. The Bertz CT molecular complexity index is 951. The van der Waals surface area contributed by atoms with E-state index in [1.54, 1.807) is 17.8 Å². The lowest BCUT2D eigenvalue weighted by Crippen LogP contribution is -2.12. The zero-order valence-corrected chi connectivity index (χ0v) is 15.2. The number of nitrogens with zero attached hydrogens (tertiary/aromatic N) is 2. The van der Waals surface area contributed by atoms with Crippen LogP contribution in [0.25, 0.3) is 0 Å². The Morgan fingerprint density at radius 1 is 1.20 bits per heavy atom. The minimum atomic E-state index is -0.226. The molecule has 0 aliphatic carbocycles. The number of H-pyrrole nitrogens is 1. The van der Waals surface area contributed by atoms with E-state index in [1.165, 1.54) is 6.07 Å². The number of carbonyl (C=O) groups is 1. The Labute approximate surface area is 150 Å². The minimum absolute atomic E-state index is 0.00771. The summed E-state index contributed by atoms with van der Waals surface area (Å²) in [5, 5.41) is 6.47. The zero-order chi connectivity index (χ0) is 18.0.